The third-order valence-electron chi connectivity index (χ3n) is 8.43. The highest BCUT2D eigenvalue weighted by atomic mass is 16.6. The summed E-state index contributed by atoms with van der Waals surface area (Å²) in [6, 6.07) is -0.594. The maximum absolute atomic E-state index is 13.1. The van der Waals surface area contributed by atoms with Crippen molar-refractivity contribution in [2.24, 2.45) is 23.7 Å². The van der Waals surface area contributed by atoms with E-state index in [0.29, 0.717) is 30.8 Å². The quantitative estimate of drug-likeness (QED) is 0.115. The molecular weight excluding hydrogens is 474 g/mol. The van der Waals surface area contributed by atoms with Gasteiger partial charge >= 0.3 is 12.1 Å². The molecule has 1 saturated carbocycles. The Morgan fingerprint density at radius 1 is 0.816 bits per heavy atom. The molecular formula is C33H63NO4. The van der Waals surface area contributed by atoms with E-state index in [4.69, 9.17) is 9.47 Å². The maximum Gasteiger partial charge on any atom is 0.410 e. The summed E-state index contributed by atoms with van der Waals surface area (Å²) in [5, 5.41) is 0. The number of carbonyl (C=O) groups excluding carboxylic acids is 2. The normalized spacial score (nSPS) is 20.5. The zero-order chi connectivity index (χ0) is 28.3. The fraction of sp³-hybridized carbons (Fsp3) is 0.939. The first-order chi connectivity index (χ1) is 18.2. The first-order valence-electron chi connectivity index (χ1n) is 16.3. The SMILES string of the molecule is CCCCCCCCCCCCCCCOC(=O)C(CC(C)C)N(C)C(=O)OC1CC(C)CCC1C(C)C. The van der Waals surface area contributed by atoms with E-state index in [9.17, 15) is 9.59 Å². The van der Waals surface area contributed by atoms with E-state index in [2.05, 4.69) is 41.5 Å². The van der Waals surface area contributed by atoms with Crippen LogP contribution in [0.5, 0.6) is 0 Å². The Bertz CT molecular complexity index is 620. The summed E-state index contributed by atoms with van der Waals surface area (Å²) >= 11 is 0. The minimum absolute atomic E-state index is 0.0739. The van der Waals surface area contributed by atoms with Crippen LogP contribution in [0.2, 0.25) is 0 Å². The molecule has 1 aliphatic rings. The molecule has 0 aliphatic heterocycles. The highest BCUT2D eigenvalue weighted by molar-refractivity contribution is 5.81. The Labute approximate surface area is 236 Å². The number of amides is 1. The van der Waals surface area contributed by atoms with Crippen LogP contribution in [-0.4, -0.2) is 42.8 Å². The van der Waals surface area contributed by atoms with Crippen molar-refractivity contribution >= 4 is 12.1 Å². The van der Waals surface area contributed by atoms with Gasteiger partial charge in [0.2, 0.25) is 0 Å². The molecule has 0 N–H and O–H groups in total. The number of likely N-dealkylation sites (N-methyl/N-ethyl adjacent to an activating group) is 1. The monoisotopic (exact) mass is 537 g/mol. The lowest BCUT2D eigenvalue weighted by Crippen LogP contribution is -2.47. The Morgan fingerprint density at radius 2 is 1.34 bits per heavy atom. The van der Waals surface area contributed by atoms with Crippen LogP contribution in [0.1, 0.15) is 151 Å². The number of nitrogens with zero attached hydrogens (tertiary/aromatic N) is 1. The van der Waals surface area contributed by atoms with Gasteiger partial charge in [0.15, 0.2) is 0 Å². The van der Waals surface area contributed by atoms with Gasteiger partial charge in [-0.1, -0.05) is 125 Å². The van der Waals surface area contributed by atoms with Crippen molar-refractivity contribution < 1.29 is 19.1 Å². The lowest BCUT2D eigenvalue weighted by atomic mass is 9.75. The Morgan fingerprint density at radius 3 is 1.84 bits per heavy atom. The van der Waals surface area contributed by atoms with E-state index in [1.807, 2.05) is 0 Å². The predicted octanol–water partition coefficient (Wildman–Crippen LogP) is 9.56. The number of carbonyl (C=O) groups is 2. The number of rotatable bonds is 20. The highest BCUT2D eigenvalue weighted by Crippen LogP contribution is 2.35. The van der Waals surface area contributed by atoms with Gasteiger partial charge in [0.1, 0.15) is 12.1 Å². The lowest BCUT2D eigenvalue weighted by Gasteiger charge is -2.38. The molecule has 0 heterocycles. The van der Waals surface area contributed by atoms with Crippen LogP contribution in [0.4, 0.5) is 4.79 Å². The summed E-state index contributed by atoms with van der Waals surface area (Å²) in [6.45, 7) is 13.5. The average molecular weight is 538 g/mol. The van der Waals surface area contributed by atoms with Crippen LogP contribution >= 0.6 is 0 Å². The molecule has 1 amide bonds. The summed E-state index contributed by atoms with van der Waals surface area (Å²) in [4.78, 5) is 27.6. The third kappa shape index (κ3) is 14.8. The van der Waals surface area contributed by atoms with Crippen LogP contribution in [0.15, 0.2) is 0 Å². The van der Waals surface area contributed by atoms with Gasteiger partial charge in [-0.15, -0.1) is 0 Å². The molecule has 0 bridgehead atoms. The minimum Gasteiger partial charge on any atom is -0.464 e. The van der Waals surface area contributed by atoms with Gasteiger partial charge in [-0.05, 0) is 49.4 Å². The molecule has 0 saturated heterocycles. The second-order valence-electron chi connectivity index (χ2n) is 12.9. The molecule has 4 atom stereocenters. The van der Waals surface area contributed by atoms with Crippen molar-refractivity contribution in [1.29, 1.82) is 0 Å². The first-order valence-corrected chi connectivity index (χ1v) is 16.3. The third-order valence-corrected chi connectivity index (χ3v) is 8.43. The first kappa shape index (κ1) is 34.8. The van der Waals surface area contributed by atoms with Crippen molar-refractivity contribution in [2.75, 3.05) is 13.7 Å². The standard InChI is InChI=1S/C33H63NO4/c1-8-9-10-11-12-13-14-15-16-17-18-19-20-23-37-32(35)30(24-26(2)3)34(7)33(36)38-31-25-28(6)21-22-29(31)27(4)5/h26-31H,8-25H2,1-7H3. The van der Waals surface area contributed by atoms with Crippen molar-refractivity contribution in [2.45, 2.75) is 163 Å². The molecule has 38 heavy (non-hydrogen) atoms. The van der Waals surface area contributed by atoms with Crippen molar-refractivity contribution in [1.82, 2.24) is 4.90 Å². The summed E-state index contributed by atoms with van der Waals surface area (Å²) in [7, 11) is 1.69. The largest absolute Gasteiger partial charge is 0.464 e. The van der Waals surface area contributed by atoms with Crippen LogP contribution < -0.4 is 0 Å². The van der Waals surface area contributed by atoms with Gasteiger partial charge in [0.05, 0.1) is 6.61 Å². The smallest absolute Gasteiger partial charge is 0.410 e. The second-order valence-corrected chi connectivity index (χ2v) is 12.9. The number of unbranched alkanes of at least 4 members (excludes halogenated alkanes) is 12. The van der Waals surface area contributed by atoms with Gasteiger partial charge in [-0.25, -0.2) is 9.59 Å². The fourth-order valence-electron chi connectivity index (χ4n) is 5.84. The number of hydrogen-bond acceptors (Lipinski definition) is 4. The molecule has 5 nitrogen and oxygen atoms in total. The highest BCUT2D eigenvalue weighted by Gasteiger charge is 2.36. The van der Waals surface area contributed by atoms with Crippen LogP contribution in [0.3, 0.4) is 0 Å². The molecule has 1 fully saturated rings. The molecule has 224 valence electrons. The van der Waals surface area contributed by atoms with E-state index in [0.717, 1.165) is 25.7 Å². The molecule has 1 rings (SSSR count). The van der Waals surface area contributed by atoms with Gasteiger partial charge < -0.3 is 9.47 Å². The molecule has 4 unspecified atom stereocenters. The Balaban J connectivity index is 2.33. The molecule has 5 heteroatoms. The van der Waals surface area contributed by atoms with E-state index < -0.39 is 12.1 Å². The van der Waals surface area contributed by atoms with E-state index in [1.165, 1.54) is 81.9 Å². The maximum atomic E-state index is 13.1. The summed E-state index contributed by atoms with van der Waals surface area (Å²) in [6.07, 6.45) is 20.1. The predicted molar refractivity (Wildman–Crippen MR) is 159 cm³/mol. The number of esters is 1. The molecule has 0 aromatic carbocycles. The molecule has 0 aromatic rings. The fourth-order valence-corrected chi connectivity index (χ4v) is 5.84. The molecule has 0 spiro atoms. The van der Waals surface area contributed by atoms with Crippen molar-refractivity contribution in [3.05, 3.63) is 0 Å². The summed E-state index contributed by atoms with van der Waals surface area (Å²) < 4.78 is 11.7. The van der Waals surface area contributed by atoms with Crippen LogP contribution in [0, 0.1) is 23.7 Å². The number of hydrogen-bond donors (Lipinski definition) is 0. The molecule has 0 aromatic heterocycles. The Hall–Kier alpha value is -1.26. The van der Waals surface area contributed by atoms with Gasteiger partial charge in [-0.2, -0.15) is 0 Å². The molecule has 0 radical (unpaired) electrons. The van der Waals surface area contributed by atoms with Crippen LogP contribution in [0.25, 0.3) is 0 Å². The Kier molecular flexibility index (Phi) is 18.9. The average Bonchev–Trinajstić information content (AvgIpc) is 2.86. The molecule has 1 aliphatic carbocycles. The zero-order valence-electron chi connectivity index (χ0n) is 26.3. The van der Waals surface area contributed by atoms with Gasteiger partial charge in [-0.3, -0.25) is 4.90 Å². The van der Waals surface area contributed by atoms with Gasteiger partial charge in [0.25, 0.3) is 0 Å². The zero-order valence-corrected chi connectivity index (χ0v) is 26.3. The van der Waals surface area contributed by atoms with E-state index in [-0.39, 0.29) is 18.0 Å². The summed E-state index contributed by atoms with van der Waals surface area (Å²) in [5.41, 5.74) is 0. The topological polar surface area (TPSA) is 55.8 Å². The van der Waals surface area contributed by atoms with Gasteiger partial charge in [0, 0.05) is 7.05 Å². The summed E-state index contributed by atoms with van der Waals surface area (Å²) in [5.74, 6) is 1.40. The number of ether oxygens (including phenoxy) is 2. The minimum atomic E-state index is -0.594. The lowest BCUT2D eigenvalue weighted by molar-refractivity contribution is -0.150. The van der Waals surface area contributed by atoms with E-state index >= 15 is 0 Å². The van der Waals surface area contributed by atoms with Crippen LogP contribution in [-0.2, 0) is 14.3 Å². The van der Waals surface area contributed by atoms with Crippen molar-refractivity contribution in [3.8, 4) is 0 Å². The second kappa shape index (κ2) is 20.6. The van der Waals surface area contributed by atoms with Crippen molar-refractivity contribution in [3.63, 3.8) is 0 Å². The van der Waals surface area contributed by atoms with E-state index in [1.54, 1.807) is 7.05 Å².